The number of carbonyl (C=O) groups excluding carboxylic acids is 1. The Balaban J connectivity index is 0.000000174. The highest BCUT2D eigenvalue weighted by Crippen LogP contribution is 2.24. The van der Waals surface area contributed by atoms with Crippen molar-refractivity contribution >= 4 is 23.0 Å². The van der Waals surface area contributed by atoms with Crippen molar-refractivity contribution in [3.8, 4) is 11.5 Å². The minimum absolute atomic E-state index is 0.301. The molecule has 0 radical (unpaired) electrons. The highest BCUT2D eigenvalue weighted by atomic mass is 16.7. The van der Waals surface area contributed by atoms with Crippen LogP contribution in [-0.2, 0) is 4.79 Å². The fraction of sp³-hybridized carbons (Fsp3) is 0.0588. The first kappa shape index (κ1) is 16.1. The van der Waals surface area contributed by atoms with Gasteiger partial charge in [-0.3, -0.25) is 4.79 Å². The number of nitrogens with one attached hydrogen (secondary N) is 1. The van der Waals surface area contributed by atoms with Gasteiger partial charge < -0.3 is 19.6 Å². The summed E-state index contributed by atoms with van der Waals surface area (Å²) in [6.07, 6.45) is 0.401. The molecular weight excluding hydrogens is 298 g/mol. The van der Waals surface area contributed by atoms with Gasteiger partial charge in [-0.1, -0.05) is 30.3 Å². The molecule has 0 fully saturated rings. The minimum atomic E-state index is -1.29. The second kappa shape index (κ2) is 7.65. The van der Waals surface area contributed by atoms with Crippen molar-refractivity contribution in [2.45, 2.75) is 6.92 Å². The summed E-state index contributed by atoms with van der Waals surface area (Å²) in [5, 5.41) is 9.07. The van der Waals surface area contributed by atoms with Crippen molar-refractivity contribution in [3.63, 3.8) is 0 Å². The quantitative estimate of drug-likeness (QED) is 0.554. The molecule has 0 atom stereocenters. The zero-order valence-corrected chi connectivity index (χ0v) is 12.4. The molecule has 2 N–H and O–H groups in total. The van der Waals surface area contributed by atoms with Gasteiger partial charge in [0.25, 0.3) is 0 Å². The number of ether oxygens (including phenoxy) is 2. The number of hydrogen-bond donors (Lipinski definition) is 2. The van der Waals surface area contributed by atoms with Crippen LogP contribution in [0, 0.1) is 0 Å². The second-order valence-electron chi connectivity index (χ2n) is 4.47. The van der Waals surface area contributed by atoms with Gasteiger partial charge in [0.2, 0.25) is 0 Å². The Morgan fingerprint density at radius 1 is 0.957 bits per heavy atom. The van der Waals surface area contributed by atoms with Gasteiger partial charge in [-0.15, -0.1) is 0 Å². The molecule has 6 nitrogen and oxygen atoms in total. The number of para-hydroxylation sites is 2. The zero-order chi connectivity index (χ0) is 16.7. The van der Waals surface area contributed by atoms with E-state index >= 15 is 0 Å². The van der Waals surface area contributed by atoms with Crippen molar-refractivity contribution in [2.75, 3.05) is 0 Å². The van der Waals surface area contributed by atoms with Gasteiger partial charge in [-0.05, 0) is 24.3 Å². The van der Waals surface area contributed by atoms with E-state index in [4.69, 9.17) is 9.84 Å². The second-order valence-corrected chi connectivity index (χ2v) is 4.47. The molecule has 2 aromatic carbocycles. The van der Waals surface area contributed by atoms with E-state index in [-0.39, 0.29) is 5.97 Å². The van der Waals surface area contributed by atoms with Gasteiger partial charge in [0.1, 0.15) is 5.75 Å². The van der Waals surface area contributed by atoms with Crippen LogP contribution < -0.4 is 9.47 Å². The van der Waals surface area contributed by atoms with E-state index in [0.29, 0.717) is 11.5 Å². The Bertz CT molecular complexity index is 795. The number of aromatic nitrogens is 1. The van der Waals surface area contributed by atoms with E-state index in [1.54, 1.807) is 36.5 Å². The molecule has 0 saturated heterocycles. The monoisotopic (exact) mass is 313 g/mol. The van der Waals surface area contributed by atoms with Gasteiger partial charge in [-0.25, -0.2) is 4.79 Å². The molecular formula is C17H15NO5. The Labute approximate surface area is 132 Å². The lowest BCUT2D eigenvalue weighted by Crippen LogP contribution is -2.02. The summed E-state index contributed by atoms with van der Waals surface area (Å²) in [7, 11) is 0. The van der Waals surface area contributed by atoms with Gasteiger partial charge >= 0.3 is 12.1 Å². The third kappa shape index (κ3) is 4.89. The van der Waals surface area contributed by atoms with E-state index in [1.807, 2.05) is 24.3 Å². The molecule has 1 heterocycles. The van der Waals surface area contributed by atoms with Crippen LogP contribution in [0.3, 0.4) is 0 Å². The fourth-order valence-corrected chi connectivity index (χ4v) is 1.87. The number of aromatic amines is 1. The molecule has 0 aliphatic carbocycles. The third-order valence-corrected chi connectivity index (χ3v) is 2.75. The minimum Gasteiger partial charge on any atom is -0.449 e. The largest absolute Gasteiger partial charge is 0.511 e. The van der Waals surface area contributed by atoms with Crippen LogP contribution in [-0.4, -0.2) is 22.2 Å². The average molecular weight is 313 g/mol. The van der Waals surface area contributed by atoms with E-state index in [1.165, 1.54) is 6.92 Å². The average Bonchev–Trinajstić information content (AvgIpc) is 2.91. The van der Waals surface area contributed by atoms with E-state index < -0.39 is 6.16 Å². The molecule has 0 aliphatic rings. The summed E-state index contributed by atoms with van der Waals surface area (Å²) in [6.45, 7) is 1.39. The van der Waals surface area contributed by atoms with Crippen LogP contribution in [0.1, 0.15) is 6.92 Å². The number of fused-ring (bicyclic) bond motifs is 1. The molecule has 0 spiro atoms. The lowest BCUT2D eigenvalue weighted by molar-refractivity contribution is -0.131. The third-order valence-electron chi connectivity index (χ3n) is 2.75. The summed E-state index contributed by atoms with van der Waals surface area (Å²) in [5.41, 5.74) is 0.971. The maximum Gasteiger partial charge on any atom is 0.511 e. The molecule has 6 heteroatoms. The number of hydrogen-bond acceptors (Lipinski definition) is 4. The van der Waals surface area contributed by atoms with Crippen molar-refractivity contribution < 1.29 is 24.2 Å². The first-order chi connectivity index (χ1) is 11.1. The molecule has 3 rings (SSSR count). The number of esters is 1. The zero-order valence-electron chi connectivity index (χ0n) is 12.4. The lowest BCUT2D eigenvalue weighted by Gasteiger charge is -1.96. The van der Waals surface area contributed by atoms with Crippen LogP contribution in [0.4, 0.5) is 4.79 Å². The molecule has 3 aromatic rings. The number of H-pyrrole nitrogens is 1. The molecule has 0 aliphatic heterocycles. The van der Waals surface area contributed by atoms with Gasteiger partial charge in [0.15, 0.2) is 5.75 Å². The summed E-state index contributed by atoms with van der Waals surface area (Å²) in [6, 6.07) is 16.0. The predicted octanol–water partition coefficient (Wildman–Crippen LogP) is 3.84. The summed E-state index contributed by atoms with van der Waals surface area (Å²) < 4.78 is 9.33. The summed E-state index contributed by atoms with van der Waals surface area (Å²) in [5.74, 6) is 0.628. The Morgan fingerprint density at radius 3 is 2.26 bits per heavy atom. The topological polar surface area (TPSA) is 88.6 Å². The molecule has 0 saturated carbocycles. The first-order valence-corrected chi connectivity index (χ1v) is 6.76. The van der Waals surface area contributed by atoms with E-state index in [9.17, 15) is 9.59 Å². The normalized spacial score (nSPS) is 9.61. The molecule has 1 aromatic heterocycles. The Morgan fingerprint density at radius 2 is 1.61 bits per heavy atom. The van der Waals surface area contributed by atoms with Gasteiger partial charge in [0, 0.05) is 24.0 Å². The molecule has 118 valence electrons. The molecule has 0 unspecified atom stereocenters. The molecule has 0 amide bonds. The van der Waals surface area contributed by atoms with Crippen molar-refractivity contribution in [1.29, 1.82) is 0 Å². The number of rotatable bonds is 2. The van der Waals surface area contributed by atoms with Crippen LogP contribution in [0.25, 0.3) is 10.9 Å². The van der Waals surface area contributed by atoms with Crippen LogP contribution in [0.5, 0.6) is 11.5 Å². The van der Waals surface area contributed by atoms with Crippen LogP contribution >= 0.6 is 0 Å². The molecule has 0 bridgehead atoms. The first-order valence-electron chi connectivity index (χ1n) is 6.76. The highest BCUT2D eigenvalue weighted by Gasteiger charge is 2.04. The maximum absolute atomic E-state index is 10.7. The lowest BCUT2D eigenvalue weighted by atomic mass is 10.2. The van der Waals surface area contributed by atoms with E-state index in [0.717, 1.165) is 10.9 Å². The SMILES string of the molecule is CC(=O)Oc1c[nH]c2ccccc12.O=C(O)Oc1ccccc1. The Hall–Kier alpha value is -3.28. The maximum atomic E-state index is 10.7. The number of carbonyl (C=O) groups is 2. The van der Waals surface area contributed by atoms with Gasteiger partial charge in [0.05, 0.1) is 0 Å². The van der Waals surface area contributed by atoms with Gasteiger partial charge in [-0.2, -0.15) is 0 Å². The van der Waals surface area contributed by atoms with Crippen molar-refractivity contribution in [2.24, 2.45) is 0 Å². The number of benzene rings is 2. The fourth-order valence-electron chi connectivity index (χ4n) is 1.87. The van der Waals surface area contributed by atoms with Crippen LogP contribution in [0.2, 0.25) is 0 Å². The van der Waals surface area contributed by atoms with Crippen molar-refractivity contribution in [1.82, 2.24) is 4.98 Å². The predicted molar refractivity (Wildman–Crippen MR) is 84.7 cm³/mol. The summed E-state index contributed by atoms with van der Waals surface area (Å²) >= 11 is 0. The van der Waals surface area contributed by atoms with Crippen LogP contribution in [0.15, 0.2) is 60.8 Å². The van der Waals surface area contributed by atoms with Crippen molar-refractivity contribution in [3.05, 3.63) is 60.8 Å². The smallest absolute Gasteiger partial charge is 0.449 e. The highest BCUT2D eigenvalue weighted by molar-refractivity contribution is 5.88. The summed E-state index contributed by atoms with van der Waals surface area (Å²) in [4.78, 5) is 23.7. The number of carboxylic acid groups (broad SMARTS) is 1. The van der Waals surface area contributed by atoms with E-state index in [2.05, 4.69) is 9.72 Å². The molecule has 23 heavy (non-hydrogen) atoms. The Kier molecular flexibility index (Phi) is 5.35. The standard InChI is InChI=1S/C10H9NO2.C7H6O3/c1-7(12)13-10-6-11-9-5-3-2-4-8(9)10;8-7(9)10-6-4-2-1-3-5-6/h2-6,11H,1H3;1-5H,(H,8,9).